The van der Waals surface area contributed by atoms with Gasteiger partial charge in [-0.2, -0.15) is 15.1 Å². The molecule has 0 amide bonds. The number of aromatic amines is 1. The molecule has 0 aliphatic carbocycles. The van der Waals surface area contributed by atoms with E-state index in [-0.39, 0.29) is 5.28 Å². The fraction of sp³-hybridized carbons (Fsp3) is 0.333. The van der Waals surface area contributed by atoms with Crippen LogP contribution in [0.25, 0.3) is 11.2 Å². The molecule has 2 heterocycles. The molecule has 2 aromatic rings. The van der Waals surface area contributed by atoms with Crippen LogP contribution in [0, 0.1) is 0 Å². The SMILES string of the molecule is CCCC=NNc1nc(Cl)nc2nc[nH]c12. The van der Waals surface area contributed by atoms with E-state index in [0.29, 0.717) is 17.0 Å². The first-order valence-corrected chi connectivity index (χ1v) is 5.33. The largest absolute Gasteiger partial charge is 0.340 e. The summed E-state index contributed by atoms with van der Waals surface area (Å²) in [7, 11) is 0. The maximum atomic E-state index is 5.75. The minimum Gasteiger partial charge on any atom is -0.340 e. The second-order valence-corrected chi connectivity index (χ2v) is 3.49. The van der Waals surface area contributed by atoms with E-state index >= 15 is 0 Å². The van der Waals surface area contributed by atoms with Crippen LogP contribution in [0.3, 0.4) is 0 Å². The van der Waals surface area contributed by atoms with E-state index < -0.39 is 0 Å². The minimum absolute atomic E-state index is 0.146. The highest BCUT2D eigenvalue weighted by atomic mass is 35.5. The van der Waals surface area contributed by atoms with Crippen molar-refractivity contribution >= 4 is 34.8 Å². The van der Waals surface area contributed by atoms with Crippen LogP contribution in [0.2, 0.25) is 5.28 Å². The van der Waals surface area contributed by atoms with Crippen LogP contribution >= 0.6 is 11.6 Å². The van der Waals surface area contributed by atoms with E-state index in [1.807, 2.05) is 0 Å². The number of unbranched alkanes of at least 4 members (excludes halogenated alkanes) is 1. The maximum Gasteiger partial charge on any atom is 0.226 e. The van der Waals surface area contributed by atoms with E-state index in [0.717, 1.165) is 12.8 Å². The summed E-state index contributed by atoms with van der Waals surface area (Å²) in [4.78, 5) is 14.9. The first-order chi connectivity index (χ1) is 7.81. The van der Waals surface area contributed by atoms with E-state index in [1.165, 1.54) is 6.33 Å². The van der Waals surface area contributed by atoms with Gasteiger partial charge in [-0.05, 0) is 18.0 Å². The number of nitrogens with one attached hydrogen (secondary N) is 2. The van der Waals surface area contributed by atoms with Gasteiger partial charge in [-0.1, -0.05) is 13.3 Å². The van der Waals surface area contributed by atoms with Gasteiger partial charge in [0, 0.05) is 6.21 Å². The second kappa shape index (κ2) is 4.89. The molecule has 0 spiro atoms. The summed E-state index contributed by atoms with van der Waals surface area (Å²) in [5.41, 5.74) is 4.03. The van der Waals surface area contributed by atoms with Crippen LogP contribution < -0.4 is 5.43 Å². The van der Waals surface area contributed by atoms with Crippen molar-refractivity contribution < 1.29 is 0 Å². The van der Waals surface area contributed by atoms with Gasteiger partial charge in [0.1, 0.15) is 5.52 Å². The third-order valence-electron chi connectivity index (χ3n) is 1.94. The number of nitrogens with zero attached hydrogens (tertiary/aromatic N) is 4. The van der Waals surface area contributed by atoms with Crippen LogP contribution in [0.4, 0.5) is 5.82 Å². The predicted octanol–water partition coefficient (Wildman–Crippen LogP) is 2.20. The first kappa shape index (κ1) is 10.8. The molecule has 0 radical (unpaired) electrons. The van der Waals surface area contributed by atoms with Crippen LogP contribution in [0.1, 0.15) is 19.8 Å². The van der Waals surface area contributed by atoms with E-state index in [2.05, 4.69) is 37.4 Å². The van der Waals surface area contributed by atoms with Gasteiger partial charge in [0.05, 0.1) is 6.33 Å². The molecule has 0 atom stereocenters. The summed E-state index contributed by atoms with van der Waals surface area (Å²) in [5, 5.41) is 4.18. The molecule has 2 N–H and O–H groups in total. The fourth-order valence-electron chi connectivity index (χ4n) is 1.19. The molecule has 6 nitrogen and oxygen atoms in total. The molecular weight excluding hydrogens is 228 g/mol. The number of rotatable bonds is 4. The standard InChI is InChI=1S/C9H11ClN6/c1-2-3-4-13-16-8-6-7(12-5-11-6)14-9(10)15-8/h4-5H,2-3H2,1H3,(H2,11,12,14,15,16). The lowest BCUT2D eigenvalue weighted by Gasteiger charge is -2.00. The third kappa shape index (κ3) is 2.27. The summed E-state index contributed by atoms with van der Waals surface area (Å²) in [6, 6.07) is 0. The molecule has 0 aliphatic heterocycles. The highest BCUT2D eigenvalue weighted by molar-refractivity contribution is 6.28. The number of fused-ring (bicyclic) bond motifs is 1. The first-order valence-electron chi connectivity index (χ1n) is 4.95. The fourth-order valence-corrected chi connectivity index (χ4v) is 1.35. The van der Waals surface area contributed by atoms with Crippen molar-refractivity contribution in [3.8, 4) is 0 Å². The molecule has 0 aromatic carbocycles. The Morgan fingerprint density at radius 3 is 3.25 bits per heavy atom. The van der Waals surface area contributed by atoms with Gasteiger partial charge in [0.15, 0.2) is 11.5 Å². The Hall–Kier alpha value is -1.69. The summed E-state index contributed by atoms with van der Waals surface area (Å²) in [5.74, 6) is 0.528. The maximum absolute atomic E-state index is 5.75. The monoisotopic (exact) mass is 238 g/mol. The van der Waals surface area contributed by atoms with Crippen molar-refractivity contribution in [1.82, 2.24) is 19.9 Å². The van der Waals surface area contributed by atoms with Crippen LogP contribution in [0.5, 0.6) is 0 Å². The lowest BCUT2D eigenvalue weighted by molar-refractivity contribution is 1.00. The number of hydrazone groups is 1. The van der Waals surface area contributed by atoms with E-state index in [1.54, 1.807) is 6.21 Å². The Morgan fingerprint density at radius 1 is 1.56 bits per heavy atom. The van der Waals surface area contributed by atoms with Crippen LogP contribution in [0.15, 0.2) is 11.4 Å². The van der Waals surface area contributed by atoms with Crippen LogP contribution in [-0.4, -0.2) is 26.2 Å². The molecule has 0 aliphatic rings. The van der Waals surface area contributed by atoms with Gasteiger partial charge in [-0.3, -0.25) is 5.43 Å². The molecule has 2 rings (SSSR count). The van der Waals surface area contributed by atoms with Gasteiger partial charge in [-0.15, -0.1) is 0 Å². The molecule has 84 valence electrons. The molecular formula is C9H11ClN6. The molecule has 0 saturated heterocycles. The van der Waals surface area contributed by atoms with Crippen molar-refractivity contribution in [2.75, 3.05) is 5.43 Å². The summed E-state index contributed by atoms with van der Waals surface area (Å²) in [6.45, 7) is 2.08. The van der Waals surface area contributed by atoms with Gasteiger partial charge in [0.2, 0.25) is 5.28 Å². The highest BCUT2D eigenvalue weighted by Gasteiger charge is 2.07. The lowest BCUT2D eigenvalue weighted by Crippen LogP contribution is -1.96. The van der Waals surface area contributed by atoms with Crippen molar-refractivity contribution in [3.63, 3.8) is 0 Å². The zero-order valence-electron chi connectivity index (χ0n) is 8.74. The highest BCUT2D eigenvalue weighted by Crippen LogP contribution is 2.18. The second-order valence-electron chi connectivity index (χ2n) is 3.15. The average Bonchev–Trinajstić information content (AvgIpc) is 2.72. The van der Waals surface area contributed by atoms with Crippen molar-refractivity contribution in [2.24, 2.45) is 5.10 Å². The van der Waals surface area contributed by atoms with Gasteiger partial charge in [-0.25, -0.2) is 4.98 Å². The van der Waals surface area contributed by atoms with Gasteiger partial charge < -0.3 is 4.98 Å². The van der Waals surface area contributed by atoms with E-state index in [9.17, 15) is 0 Å². The smallest absolute Gasteiger partial charge is 0.226 e. The number of H-pyrrole nitrogens is 1. The number of halogens is 1. The lowest BCUT2D eigenvalue weighted by atomic mass is 10.4. The molecule has 0 fully saturated rings. The molecule has 0 saturated carbocycles. The quantitative estimate of drug-likeness (QED) is 0.486. The van der Waals surface area contributed by atoms with Crippen molar-refractivity contribution in [3.05, 3.63) is 11.6 Å². The topological polar surface area (TPSA) is 78.8 Å². The molecule has 7 heteroatoms. The Balaban J connectivity index is 2.25. The van der Waals surface area contributed by atoms with Crippen LogP contribution in [-0.2, 0) is 0 Å². The number of anilines is 1. The zero-order chi connectivity index (χ0) is 11.4. The number of aromatic nitrogens is 4. The predicted molar refractivity (Wildman–Crippen MR) is 63.7 cm³/mol. The Kier molecular flexibility index (Phi) is 3.31. The minimum atomic E-state index is 0.146. The third-order valence-corrected chi connectivity index (χ3v) is 2.11. The number of hydrogen-bond acceptors (Lipinski definition) is 5. The molecule has 0 bridgehead atoms. The number of imidazole rings is 1. The Morgan fingerprint density at radius 2 is 2.44 bits per heavy atom. The number of hydrogen-bond donors (Lipinski definition) is 2. The van der Waals surface area contributed by atoms with Gasteiger partial charge >= 0.3 is 0 Å². The Bertz CT molecular complexity index is 506. The van der Waals surface area contributed by atoms with Crippen molar-refractivity contribution in [1.29, 1.82) is 0 Å². The summed E-state index contributed by atoms with van der Waals surface area (Å²) in [6.07, 6.45) is 5.29. The normalized spacial score (nSPS) is 11.4. The Labute approximate surface area is 97.2 Å². The summed E-state index contributed by atoms with van der Waals surface area (Å²) < 4.78 is 0. The molecule has 16 heavy (non-hydrogen) atoms. The van der Waals surface area contributed by atoms with Gasteiger partial charge in [0.25, 0.3) is 0 Å². The van der Waals surface area contributed by atoms with E-state index in [4.69, 9.17) is 11.6 Å². The molecule has 0 unspecified atom stereocenters. The molecule has 2 aromatic heterocycles. The van der Waals surface area contributed by atoms with Crippen molar-refractivity contribution in [2.45, 2.75) is 19.8 Å². The average molecular weight is 239 g/mol. The zero-order valence-corrected chi connectivity index (χ0v) is 9.49. The summed E-state index contributed by atoms with van der Waals surface area (Å²) >= 11 is 5.75.